The van der Waals surface area contributed by atoms with Crippen LogP contribution in [-0.2, 0) is 10.0 Å². The summed E-state index contributed by atoms with van der Waals surface area (Å²) < 4.78 is -2.25. The first-order valence-corrected chi connectivity index (χ1v) is 37.5. The largest absolute Gasteiger partial charge is 0.478 e. The van der Waals surface area contributed by atoms with Crippen molar-refractivity contribution >= 4 is 186 Å². The lowest BCUT2D eigenvalue weighted by Crippen LogP contribution is -2.49. The molecule has 1 radical (unpaired) electrons. The Morgan fingerprint density at radius 2 is 0.740 bits per heavy atom. The number of thioether (sulfide) groups is 12. The van der Waals surface area contributed by atoms with E-state index < -0.39 is 28.9 Å². The monoisotopic (exact) mass is 1300 g/mol. The molecule has 0 saturated carbocycles. The Morgan fingerprint density at radius 1 is 0.468 bits per heavy atom. The van der Waals surface area contributed by atoms with E-state index in [1.165, 1.54) is 0 Å². The second-order valence-electron chi connectivity index (χ2n) is 23.7. The molecule has 0 aliphatic carbocycles. The van der Waals surface area contributed by atoms with Crippen molar-refractivity contribution in [3.63, 3.8) is 0 Å². The molecule has 7 aliphatic heterocycles. The second kappa shape index (κ2) is 20.8. The normalized spacial score (nSPS) is 23.6. The number of aromatic carboxylic acids is 2. The Labute approximate surface area is 512 Å². The van der Waals surface area contributed by atoms with E-state index >= 15 is 4.79 Å². The molecule has 0 bridgehead atoms. The Morgan fingerprint density at radius 3 is 1.01 bits per heavy atom. The maximum atomic E-state index is 15.2. The number of carboxylic acids is 2. The molecule has 0 spiro atoms. The Kier molecular flexibility index (Phi) is 16.3. The first-order chi connectivity index (χ1) is 35.5. The lowest BCUT2D eigenvalue weighted by molar-refractivity contribution is -0.247. The first kappa shape index (κ1) is 60.5. The minimum Gasteiger partial charge on any atom is -0.478 e. The predicted octanol–water partition coefficient (Wildman–Crippen LogP) is 17.3. The van der Waals surface area contributed by atoms with E-state index in [0.717, 1.165) is 80.5 Å². The van der Waals surface area contributed by atoms with Crippen molar-refractivity contribution in [2.24, 2.45) is 5.92 Å². The average Bonchev–Trinajstić information content (AvgIpc) is 4.34. The topological polar surface area (TPSA) is 156 Å². The number of benzene rings is 3. The summed E-state index contributed by atoms with van der Waals surface area (Å²) in [5.74, 6) is -1.59. The van der Waals surface area contributed by atoms with Crippen molar-refractivity contribution < 1.29 is 34.6 Å². The van der Waals surface area contributed by atoms with E-state index in [2.05, 4.69) is 93.7 Å². The third-order valence-electron chi connectivity index (χ3n) is 13.7. The Bertz CT molecular complexity index is 2850. The van der Waals surface area contributed by atoms with Crippen LogP contribution in [0, 0.1) is 5.92 Å². The van der Waals surface area contributed by atoms with E-state index in [0.29, 0.717) is 47.7 Å². The van der Waals surface area contributed by atoms with Crippen LogP contribution in [0.1, 0.15) is 171 Å². The summed E-state index contributed by atoms with van der Waals surface area (Å²) in [6.45, 7) is 34.7. The minimum atomic E-state index is -0.931. The molecular formula is C53H64N3O7S14. The van der Waals surface area contributed by atoms with Crippen molar-refractivity contribution in [2.75, 3.05) is 24.6 Å². The molecule has 1 atom stereocenters. The van der Waals surface area contributed by atoms with Crippen LogP contribution in [0.2, 0.25) is 0 Å². The molecule has 1 saturated heterocycles. The van der Waals surface area contributed by atoms with Gasteiger partial charge in [0.25, 0.3) is 5.91 Å². The van der Waals surface area contributed by atoms with E-state index in [4.69, 9.17) is 0 Å². The fraction of sp³-hybridized carbons (Fsp3) is 0.585. The van der Waals surface area contributed by atoms with Gasteiger partial charge in [-0.25, -0.2) is 9.59 Å². The Hall–Kier alpha value is 0.360. The van der Waals surface area contributed by atoms with Gasteiger partial charge in [0.2, 0.25) is 5.91 Å². The highest BCUT2D eigenvalue weighted by molar-refractivity contribution is 8.76. The van der Waals surface area contributed by atoms with Gasteiger partial charge >= 0.3 is 11.9 Å². The number of hydrogen-bond acceptors (Lipinski definition) is 19. The summed E-state index contributed by atoms with van der Waals surface area (Å²) in [7, 11) is 3.30. The molecule has 1 unspecified atom stereocenters. The molecule has 3 aromatic rings. The summed E-state index contributed by atoms with van der Waals surface area (Å²) in [5.41, 5.74) is 3.35. The third kappa shape index (κ3) is 11.2. The molecule has 4 N–H and O–H groups in total. The summed E-state index contributed by atoms with van der Waals surface area (Å²) in [6, 6.07) is 0. The second-order valence-corrected chi connectivity index (χ2v) is 47.5. The molecule has 417 valence electrons. The molecule has 2 amide bonds. The highest BCUT2D eigenvalue weighted by Gasteiger charge is 2.56. The van der Waals surface area contributed by atoms with E-state index in [9.17, 15) is 29.8 Å². The van der Waals surface area contributed by atoms with Crippen LogP contribution in [0.4, 0.5) is 0 Å². The number of amides is 2. The molecular weight excluding hydrogens is 1240 g/mol. The van der Waals surface area contributed by atoms with Crippen LogP contribution < -0.4 is 10.6 Å². The van der Waals surface area contributed by atoms with Gasteiger partial charge in [0.1, 0.15) is 0 Å². The van der Waals surface area contributed by atoms with Crippen LogP contribution in [0.3, 0.4) is 0 Å². The van der Waals surface area contributed by atoms with E-state index in [1.54, 1.807) is 163 Å². The van der Waals surface area contributed by atoms with Gasteiger partial charge in [-0.05, 0) is 134 Å². The standard InChI is InChI=1S/C53H64N3O7S14/c1-46(2)21-22(47(3,4)56(46)63)42(57)54-17-19-64-65-20-18-55-43(58)27-36-30(66-48(5,6)72-36)24(31-37(27)73-49(7,8)67-31)23(25-32-38(74-50(9,10)68-32)28(44(59)60)39-33(25)69-51(11,12)75-39)26-34-40(76-52(13,14)70-34)29(45(61)62)41-35(26)71-53(15,16)77-41/h22-23H,17-21H2,1-16H3,(H,54,57)(H,55,58)(H,59,60)(H,61,62). The third-order valence-corrected chi connectivity index (χ3v) is 33.3. The maximum Gasteiger partial charge on any atom is 0.338 e. The zero-order valence-electron chi connectivity index (χ0n) is 45.8. The van der Waals surface area contributed by atoms with Gasteiger partial charge in [0.15, 0.2) is 0 Å². The highest BCUT2D eigenvalue weighted by atomic mass is 33.1. The van der Waals surface area contributed by atoms with Crippen LogP contribution in [-0.4, -0.2) is 99.2 Å². The molecule has 24 heteroatoms. The van der Waals surface area contributed by atoms with Crippen molar-refractivity contribution in [1.82, 2.24) is 15.7 Å². The summed E-state index contributed by atoms with van der Waals surface area (Å²) in [4.78, 5) is 67.0. The summed E-state index contributed by atoms with van der Waals surface area (Å²) in [6.07, 6.45) is 0.509. The molecule has 7 aliphatic rings. The van der Waals surface area contributed by atoms with E-state index in [1.807, 2.05) is 27.7 Å². The lowest BCUT2D eigenvalue weighted by Gasteiger charge is -2.33. The van der Waals surface area contributed by atoms with Crippen molar-refractivity contribution in [3.05, 3.63) is 33.4 Å². The molecule has 77 heavy (non-hydrogen) atoms. The number of nitrogens with zero attached hydrogens (tertiary/aromatic N) is 1. The molecule has 10 rings (SSSR count). The quantitative estimate of drug-likeness (QED) is 0.0686. The number of carboxylic acid groups (broad SMARTS) is 2. The van der Waals surface area contributed by atoms with Crippen LogP contribution in [0.15, 0.2) is 58.7 Å². The molecule has 10 nitrogen and oxygen atoms in total. The number of nitrogens with one attached hydrogen (secondary N) is 2. The molecule has 7 heterocycles. The zero-order chi connectivity index (χ0) is 56.3. The number of carbonyl (C=O) groups is 4. The fourth-order valence-electron chi connectivity index (χ4n) is 11.0. The number of hydroxylamine groups is 2. The fourth-order valence-corrected chi connectivity index (χ4v) is 30.8. The van der Waals surface area contributed by atoms with Gasteiger partial charge < -0.3 is 20.8 Å². The van der Waals surface area contributed by atoms with Gasteiger partial charge in [-0.3, -0.25) is 9.59 Å². The number of fused-ring (bicyclic) bond motifs is 6. The summed E-state index contributed by atoms with van der Waals surface area (Å²) in [5, 5.41) is 42.9. The SMILES string of the molecule is CC1(C)Sc2c(c(C(c3c4c(c(C(=O)O)c5c3SC(C)(C)S5)SC(C)(C)S4)c3c4c(c(C(=O)NCCSSCCNC(=O)C5CC(C)(C)N([O])C5(C)C)c5c3SC(C)(C)S5)SC(C)(C)S4)c3c(c2C(=O)O)SC(C)(C)S3)S1. The summed E-state index contributed by atoms with van der Waals surface area (Å²) >= 11 is 20.6. The van der Waals surface area contributed by atoms with Gasteiger partial charge in [-0.15, -0.1) is 151 Å². The van der Waals surface area contributed by atoms with Gasteiger partial charge in [0.05, 0.1) is 52.6 Å². The zero-order valence-corrected chi connectivity index (χ0v) is 57.2. The van der Waals surface area contributed by atoms with E-state index in [-0.39, 0.29) is 42.2 Å². The first-order valence-electron chi connectivity index (χ1n) is 25.2. The van der Waals surface area contributed by atoms with Gasteiger partial charge in [0, 0.05) is 94.8 Å². The van der Waals surface area contributed by atoms with Crippen molar-refractivity contribution in [3.8, 4) is 0 Å². The number of rotatable bonds is 14. The number of carbonyl (C=O) groups excluding carboxylic acids is 2. The highest BCUT2D eigenvalue weighted by Crippen LogP contribution is 2.75. The van der Waals surface area contributed by atoms with Crippen molar-refractivity contribution in [1.29, 1.82) is 0 Å². The predicted molar refractivity (Wildman–Crippen MR) is 338 cm³/mol. The van der Waals surface area contributed by atoms with Crippen LogP contribution >= 0.6 is 163 Å². The van der Waals surface area contributed by atoms with Crippen LogP contribution in [0.5, 0.6) is 0 Å². The number of hydrogen-bond donors (Lipinski definition) is 4. The Balaban J connectivity index is 1.10. The molecule has 3 aromatic carbocycles. The van der Waals surface area contributed by atoms with Crippen LogP contribution in [0.25, 0.3) is 0 Å². The van der Waals surface area contributed by atoms with Crippen molar-refractivity contribution in [2.45, 2.75) is 217 Å². The smallest absolute Gasteiger partial charge is 0.338 e. The van der Waals surface area contributed by atoms with Gasteiger partial charge in [-0.2, -0.15) is 0 Å². The maximum absolute atomic E-state index is 15.2. The lowest BCUT2D eigenvalue weighted by atomic mass is 9.83. The molecule has 0 aromatic heterocycles. The van der Waals surface area contributed by atoms with Gasteiger partial charge in [-0.1, -0.05) is 21.6 Å². The average molecular weight is 1300 g/mol. The minimum absolute atomic E-state index is 0.0877. The molecule has 1 fully saturated rings.